The summed E-state index contributed by atoms with van der Waals surface area (Å²) in [6.45, 7) is 2.49. The molecule has 2 aromatic carbocycles. The van der Waals surface area contributed by atoms with E-state index < -0.39 is 23.3 Å². The van der Waals surface area contributed by atoms with Crippen molar-refractivity contribution in [2.75, 3.05) is 16.8 Å². The molecule has 0 unspecified atom stereocenters. The highest BCUT2D eigenvalue weighted by Crippen LogP contribution is 2.61. The summed E-state index contributed by atoms with van der Waals surface area (Å²) in [6.07, 6.45) is 1.61. The first-order valence-corrected chi connectivity index (χ1v) is 11.6. The lowest BCUT2D eigenvalue weighted by Crippen LogP contribution is -2.54. The monoisotopic (exact) mass is 489 g/mol. The van der Waals surface area contributed by atoms with E-state index in [4.69, 9.17) is 34.8 Å². The van der Waals surface area contributed by atoms with Gasteiger partial charge in [0.1, 0.15) is 5.54 Å². The number of benzene rings is 2. The Kier molecular flexibility index (Phi) is 4.29. The van der Waals surface area contributed by atoms with Gasteiger partial charge in [-0.05, 0) is 56.1 Å². The number of hydrogen-bond donors (Lipinski definition) is 1. The molecule has 0 radical (unpaired) electrons. The average Bonchev–Trinajstić information content (AvgIpc) is 3.43. The summed E-state index contributed by atoms with van der Waals surface area (Å²) < 4.78 is 0. The van der Waals surface area contributed by atoms with Crippen LogP contribution in [0, 0.1) is 18.8 Å². The molecule has 1 N–H and O–H groups in total. The number of nitrogens with one attached hydrogen (secondary N) is 1. The molecule has 4 aliphatic heterocycles. The van der Waals surface area contributed by atoms with Gasteiger partial charge in [-0.2, -0.15) is 0 Å². The van der Waals surface area contributed by atoms with Crippen LogP contribution in [0.15, 0.2) is 30.3 Å². The van der Waals surface area contributed by atoms with Crippen LogP contribution in [-0.2, 0) is 19.9 Å². The molecule has 3 saturated heterocycles. The van der Waals surface area contributed by atoms with E-state index in [2.05, 4.69) is 10.2 Å². The third-order valence-electron chi connectivity index (χ3n) is 7.47. The van der Waals surface area contributed by atoms with E-state index >= 15 is 0 Å². The van der Waals surface area contributed by atoms with Gasteiger partial charge in [0.05, 0.1) is 23.2 Å². The first-order valence-electron chi connectivity index (χ1n) is 10.5. The number of fused-ring (bicyclic) bond motifs is 7. The Bertz CT molecular complexity index is 1230. The van der Waals surface area contributed by atoms with Gasteiger partial charge in [0.15, 0.2) is 0 Å². The van der Waals surface area contributed by atoms with Crippen LogP contribution in [0.25, 0.3) is 0 Å². The quantitative estimate of drug-likeness (QED) is 0.602. The molecule has 0 bridgehead atoms. The molecule has 164 valence electrons. The van der Waals surface area contributed by atoms with Crippen molar-refractivity contribution in [2.45, 2.75) is 31.3 Å². The molecule has 0 aliphatic carbocycles. The second kappa shape index (κ2) is 6.70. The fourth-order valence-corrected chi connectivity index (χ4v) is 6.99. The third-order valence-corrected chi connectivity index (χ3v) is 8.31. The molecular weight excluding hydrogens is 473 g/mol. The van der Waals surface area contributed by atoms with Gasteiger partial charge in [-0.1, -0.05) is 40.9 Å². The summed E-state index contributed by atoms with van der Waals surface area (Å²) in [5, 5.41) is 4.18. The fraction of sp³-hybridized carbons (Fsp3) is 0.348. The SMILES string of the molecule is Cc1c(Cl)ccc2c1NC(=O)[C@@]21[C@@H]2C(=O)N(c3cc(Cl)cc(Cl)c3)C(=O)[C@@H]2[C@H]2CCCN21. The summed E-state index contributed by atoms with van der Waals surface area (Å²) >= 11 is 18.6. The number of hydrogen-bond acceptors (Lipinski definition) is 4. The molecule has 4 heterocycles. The van der Waals surface area contributed by atoms with E-state index in [0.29, 0.717) is 33.0 Å². The van der Waals surface area contributed by atoms with Crippen molar-refractivity contribution < 1.29 is 14.4 Å². The molecule has 2 aromatic rings. The van der Waals surface area contributed by atoms with Crippen molar-refractivity contribution in [2.24, 2.45) is 11.8 Å². The lowest BCUT2D eigenvalue weighted by molar-refractivity contribution is -0.135. The summed E-state index contributed by atoms with van der Waals surface area (Å²) in [5.41, 5.74) is 1.20. The Hall–Kier alpha value is -2.12. The lowest BCUT2D eigenvalue weighted by atomic mass is 9.75. The predicted octanol–water partition coefficient (Wildman–Crippen LogP) is 4.39. The second-order valence-electron chi connectivity index (χ2n) is 8.86. The molecule has 32 heavy (non-hydrogen) atoms. The lowest BCUT2D eigenvalue weighted by Gasteiger charge is -2.36. The van der Waals surface area contributed by atoms with Crippen LogP contribution in [0.2, 0.25) is 15.1 Å². The van der Waals surface area contributed by atoms with Crippen LogP contribution in [0.3, 0.4) is 0 Å². The van der Waals surface area contributed by atoms with Crippen LogP contribution >= 0.6 is 34.8 Å². The first kappa shape index (κ1) is 20.5. The normalized spacial score (nSPS) is 30.8. The number of halogens is 3. The molecule has 4 aliphatic rings. The van der Waals surface area contributed by atoms with Crippen LogP contribution in [0.5, 0.6) is 0 Å². The van der Waals surface area contributed by atoms with Gasteiger partial charge in [-0.3, -0.25) is 19.3 Å². The molecular formula is C23H18Cl3N3O3. The van der Waals surface area contributed by atoms with Gasteiger partial charge in [0.25, 0.3) is 0 Å². The predicted molar refractivity (Wildman–Crippen MR) is 122 cm³/mol. The van der Waals surface area contributed by atoms with Gasteiger partial charge in [-0.25, -0.2) is 4.90 Å². The minimum absolute atomic E-state index is 0.191. The minimum atomic E-state index is -1.24. The Morgan fingerprint density at radius 1 is 1.03 bits per heavy atom. The van der Waals surface area contributed by atoms with Gasteiger partial charge in [0, 0.05) is 26.7 Å². The van der Waals surface area contributed by atoms with Crippen molar-refractivity contribution in [3.8, 4) is 0 Å². The number of carbonyl (C=O) groups excluding carboxylic acids is 3. The highest BCUT2D eigenvalue weighted by atomic mass is 35.5. The van der Waals surface area contributed by atoms with Gasteiger partial charge in [-0.15, -0.1) is 0 Å². The van der Waals surface area contributed by atoms with Gasteiger partial charge in [0.2, 0.25) is 17.7 Å². The van der Waals surface area contributed by atoms with Crippen LogP contribution in [0.4, 0.5) is 11.4 Å². The average molecular weight is 491 g/mol. The zero-order chi connectivity index (χ0) is 22.5. The maximum atomic E-state index is 13.9. The highest BCUT2D eigenvalue weighted by molar-refractivity contribution is 6.36. The Labute approximate surface area is 199 Å². The molecule has 6 nitrogen and oxygen atoms in total. The Morgan fingerprint density at radius 3 is 2.47 bits per heavy atom. The molecule has 0 aromatic heterocycles. The van der Waals surface area contributed by atoms with Crippen molar-refractivity contribution in [1.29, 1.82) is 0 Å². The van der Waals surface area contributed by atoms with Crippen molar-refractivity contribution >= 4 is 63.9 Å². The molecule has 0 saturated carbocycles. The second-order valence-corrected chi connectivity index (χ2v) is 10.1. The van der Waals surface area contributed by atoms with Gasteiger partial charge >= 0.3 is 0 Å². The maximum absolute atomic E-state index is 13.9. The van der Waals surface area contributed by atoms with E-state index in [0.717, 1.165) is 24.0 Å². The zero-order valence-corrected chi connectivity index (χ0v) is 19.3. The number of rotatable bonds is 1. The zero-order valence-electron chi connectivity index (χ0n) is 17.0. The van der Waals surface area contributed by atoms with Crippen LogP contribution in [0.1, 0.15) is 24.0 Å². The number of anilines is 2. The molecule has 9 heteroatoms. The minimum Gasteiger partial charge on any atom is -0.324 e. The topological polar surface area (TPSA) is 69.7 Å². The van der Waals surface area contributed by atoms with Crippen LogP contribution in [-0.4, -0.2) is 35.2 Å². The Balaban J connectivity index is 1.57. The van der Waals surface area contributed by atoms with Crippen molar-refractivity contribution in [1.82, 2.24) is 4.90 Å². The van der Waals surface area contributed by atoms with E-state index in [1.165, 1.54) is 4.90 Å². The number of imide groups is 1. The standard InChI is InChI=1S/C23H18Cl3N3O3/c1-10-15(26)5-4-14-19(10)27-22(32)23(14)18-17(16-3-2-6-28(16)23)20(30)29(21(18)31)13-8-11(24)7-12(25)9-13/h4-5,7-9,16-18H,2-3,6H2,1H3,(H,27,32)/t16-,17-,18+,23+/m1/s1. The van der Waals surface area contributed by atoms with Crippen LogP contribution < -0.4 is 10.2 Å². The van der Waals surface area contributed by atoms with Gasteiger partial charge < -0.3 is 5.32 Å². The molecule has 3 fully saturated rings. The largest absolute Gasteiger partial charge is 0.324 e. The summed E-state index contributed by atoms with van der Waals surface area (Å²) in [5.74, 6) is -2.43. The smallest absolute Gasteiger partial charge is 0.250 e. The summed E-state index contributed by atoms with van der Waals surface area (Å²) in [6, 6.07) is 8.03. The summed E-state index contributed by atoms with van der Waals surface area (Å²) in [4.78, 5) is 44.5. The van der Waals surface area contributed by atoms with E-state index in [1.54, 1.807) is 24.3 Å². The molecule has 1 spiro atoms. The molecule has 4 atom stereocenters. The number of amides is 3. The van der Waals surface area contributed by atoms with Crippen molar-refractivity contribution in [3.05, 3.63) is 56.5 Å². The summed E-state index contributed by atoms with van der Waals surface area (Å²) in [7, 11) is 0. The highest BCUT2D eigenvalue weighted by Gasteiger charge is 2.74. The molecule has 6 rings (SSSR count). The first-order chi connectivity index (χ1) is 15.3. The maximum Gasteiger partial charge on any atom is 0.250 e. The number of nitrogens with zero attached hydrogens (tertiary/aromatic N) is 2. The van der Waals surface area contributed by atoms with E-state index in [-0.39, 0.29) is 17.9 Å². The van der Waals surface area contributed by atoms with Crippen molar-refractivity contribution in [3.63, 3.8) is 0 Å². The molecule has 3 amide bonds. The Morgan fingerprint density at radius 2 is 1.75 bits per heavy atom. The third kappa shape index (κ3) is 2.34. The van der Waals surface area contributed by atoms with E-state index in [1.807, 2.05) is 13.0 Å². The fourth-order valence-electron chi connectivity index (χ4n) is 6.31. The number of carbonyl (C=O) groups is 3. The van der Waals surface area contributed by atoms with E-state index in [9.17, 15) is 14.4 Å².